The Bertz CT molecular complexity index is 584. The number of carbonyl (C=O) groups excluding carboxylic acids is 1. The smallest absolute Gasteiger partial charge is 0.247 e. The lowest BCUT2D eigenvalue weighted by Gasteiger charge is -2.09. The Morgan fingerprint density at radius 3 is 2.79 bits per heavy atom. The predicted molar refractivity (Wildman–Crippen MR) is 69.8 cm³/mol. The maximum atomic E-state index is 11.6. The summed E-state index contributed by atoms with van der Waals surface area (Å²) in [5.74, 6) is 2.45. The molecule has 1 aromatic carbocycles. The minimum Gasteiger partial charge on any atom is -0.423 e. The summed E-state index contributed by atoms with van der Waals surface area (Å²) in [5.41, 5.74) is 6.99. The average molecular weight is 256 g/mol. The van der Waals surface area contributed by atoms with Crippen molar-refractivity contribution < 1.29 is 9.21 Å². The summed E-state index contributed by atoms with van der Waals surface area (Å²) in [5, 5.41) is 10.0. The van der Waals surface area contributed by atoms with Crippen molar-refractivity contribution in [2.45, 2.75) is 12.5 Å². The minimum absolute atomic E-state index is 0.200. The molecule has 0 saturated carbocycles. The molecule has 6 nitrogen and oxygen atoms in total. The molecule has 0 radical (unpaired) electrons. The number of rotatable bonds is 4. The van der Waals surface area contributed by atoms with Crippen molar-refractivity contribution >= 4 is 11.6 Å². The van der Waals surface area contributed by atoms with Gasteiger partial charge in [-0.1, -0.05) is 0 Å². The van der Waals surface area contributed by atoms with E-state index in [1.165, 1.54) is 6.39 Å². The van der Waals surface area contributed by atoms with Gasteiger partial charge in [-0.2, -0.15) is 0 Å². The zero-order valence-electron chi connectivity index (χ0n) is 10.0. The fraction of sp³-hybridized carbons (Fsp3) is 0.154. The van der Waals surface area contributed by atoms with E-state index in [2.05, 4.69) is 21.4 Å². The third-order valence-electron chi connectivity index (χ3n) is 2.43. The van der Waals surface area contributed by atoms with Crippen molar-refractivity contribution in [3.05, 3.63) is 30.7 Å². The van der Waals surface area contributed by atoms with Crippen molar-refractivity contribution in [2.24, 2.45) is 5.73 Å². The van der Waals surface area contributed by atoms with Crippen LogP contribution in [0.25, 0.3) is 11.5 Å². The van der Waals surface area contributed by atoms with Crippen LogP contribution in [0.1, 0.15) is 6.42 Å². The van der Waals surface area contributed by atoms with Crippen LogP contribution in [-0.4, -0.2) is 22.1 Å². The van der Waals surface area contributed by atoms with Gasteiger partial charge < -0.3 is 15.5 Å². The van der Waals surface area contributed by atoms with Crippen LogP contribution in [0.4, 0.5) is 5.69 Å². The highest BCUT2D eigenvalue weighted by atomic mass is 16.4. The molecule has 1 amide bonds. The summed E-state index contributed by atoms with van der Waals surface area (Å²) in [4.78, 5) is 11.6. The Balaban J connectivity index is 2.03. The van der Waals surface area contributed by atoms with Crippen molar-refractivity contribution in [3.63, 3.8) is 0 Å². The van der Waals surface area contributed by atoms with Gasteiger partial charge in [0.15, 0.2) is 0 Å². The van der Waals surface area contributed by atoms with E-state index in [0.29, 0.717) is 11.6 Å². The Hall–Kier alpha value is -2.65. The number of hydrogen-bond donors (Lipinski definition) is 2. The van der Waals surface area contributed by atoms with E-state index in [1.54, 1.807) is 24.3 Å². The molecule has 2 aromatic rings. The molecular weight excluding hydrogens is 244 g/mol. The van der Waals surface area contributed by atoms with Crippen molar-refractivity contribution in [1.82, 2.24) is 10.2 Å². The maximum absolute atomic E-state index is 11.6. The van der Waals surface area contributed by atoms with Gasteiger partial charge in [0.05, 0.1) is 6.04 Å². The molecule has 19 heavy (non-hydrogen) atoms. The van der Waals surface area contributed by atoms with Crippen LogP contribution in [0.2, 0.25) is 0 Å². The van der Waals surface area contributed by atoms with E-state index in [4.69, 9.17) is 16.6 Å². The van der Waals surface area contributed by atoms with Crippen molar-refractivity contribution in [2.75, 3.05) is 5.32 Å². The quantitative estimate of drug-likeness (QED) is 0.797. The normalized spacial score (nSPS) is 11.6. The zero-order chi connectivity index (χ0) is 13.7. The maximum Gasteiger partial charge on any atom is 0.247 e. The summed E-state index contributed by atoms with van der Waals surface area (Å²) in [7, 11) is 0. The second kappa shape index (κ2) is 5.80. The van der Waals surface area contributed by atoms with Crippen molar-refractivity contribution in [1.29, 1.82) is 0 Å². The molecule has 0 aliphatic carbocycles. The lowest BCUT2D eigenvalue weighted by atomic mass is 10.2. The summed E-state index contributed by atoms with van der Waals surface area (Å²) in [6, 6.07) is 6.26. The highest BCUT2D eigenvalue weighted by molar-refractivity contribution is 5.95. The number of terminal acetylenes is 1. The predicted octanol–water partition coefficient (Wildman–Crippen LogP) is 1.03. The molecule has 0 aliphatic rings. The lowest BCUT2D eigenvalue weighted by Crippen LogP contribution is -2.35. The topological polar surface area (TPSA) is 94.0 Å². The number of anilines is 1. The van der Waals surface area contributed by atoms with Gasteiger partial charge in [-0.15, -0.1) is 22.5 Å². The Morgan fingerprint density at radius 1 is 1.47 bits per heavy atom. The first kappa shape index (κ1) is 12.8. The van der Waals surface area contributed by atoms with Crippen LogP contribution in [0.15, 0.2) is 35.1 Å². The van der Waals surface area contributed by atoms with Crippen LogP contribution in [0, 0.1) is 12.3 Å². The summed E-state index contributed by atoms with van der Waals surface area (Å²) in [6.45, 7) is 0. The van der Waals surface area contributed by atoms with Crippen LogP contribution >= 0.6 is 0 Å². The molecule has 0 aliphatic heterocycles. The van der Waals surface area contributed by atoms with Crippen LogP contribution < -0.4 is 11.1 Å². The van der Waals surface area contributed by atoms with Gasteiger partial charge in [-0.3, -0.25) is 4.79 Å². The molecule has 1 unspecified atom stereocenters. The number of hydrogen-bond acceptors (Lipinski definition) is 5. The Kier molecular flexibility index (Phi) is 3.90. The first-order valence-electron chi connectivity index (χ1n) is 5.57. The van der Waals surface area contributed by atoms with E-state index in [-0.39, 0.29) is 12.3 Å². The fourth-order valence-corrected chi connectivity index (χ4v) is 1.45. The van der Waals surface area contributed by atoms with Gasteiger partial charge in [-0.05, 0) is 24.3 Å². The van der Waals surface area contributed by atoms with E-state index >= 15 is 0 Å². The third kappa shape index (κ3) is 3.18. The minimum atomic E-state index is -0.708. The number of nitrogens with zero attached hydrogens (tertiary/aromatic N) is 2. The largest absolute Gasteiger partial charge is 0.423 e. The van der Waals surface area contributed by atoms with Gasteiger partial charge in [0, 0.05) is 17.7 Å². The molecule has 1 heterocycles. The molecule has 0 bridgehead atoms. The molecule has 96 valence electrons. The van der Waals surface area contributed by atoms with Gasteiger partial charge >= 0.3 is 0 Å². The molecule has 1 atom stereocenters. The van der Waals surface area contributed by atoms with Gasteiger partial charge in [0.25, 0.3) is 0 Å². The van der Waals surface area contributed by atoms with E-state index in [0.717, 1.165) is 5.56 Å². The van der Waals surface area contributed by atoms with E-state index in [1.807, 2.05) is 0 Å². The second-order valence-electron chi connectivity index (χ2n) is 3.83. The number of nitrogens with two attached hydrogens (primary N) is 1. The number of amides is 1. The first-order valence-corrected chi connectivity index (χ1v) is 5.57. The first-order chi connectivity index (χ1) is 9.20. The highest BCUT2D eigenvalue weighted by Gasteiger charge is 2.12. The van der Waals surface area contributed by atoms with Gasteiger partial charge in [0.2, 0.25) is 18.2 Å². The third-order valence-corrected chi connectivity index (χ3v) is 2.43. The second-order valence-corrected chi connectivity index (χ2v) is 3.83. The number of benzene rings is 1. The zero-order valence-corrected chi connectivity index (χ0v) is 10.0. The van der Waals surface area contributed by atoms with E-state index in [9.17, 15) is 4.79 Å². The summed E-state index contributed by atoms with van der Waals surface area (Å²) in [6.07, 6.45) is 6.56. The molecular formula is C13H12N4O2. The van der Waals surface area contributed by atoms with Gasteiger partial charge in [0.1, 0.15) is 0 Å². The number of nitrogens with one attached hydrogen (secondary N) is 1. The fourth-order valence-electron chi connectivity index (χ4n) is 1.45. The lowest BCUT2D eigenvalue weighted by molar-refractivity contribution is -0.117. The molecule has 1 aromatic heterocycles. The van der Waals surface area contributed by atoms with E-state index < -0.39 is 6.04 Å². The van der Waals surface area contributed by atoms with Crippen LogP contribution in [0.3, 0.4) is 0 Å². The number of carbonyl (C=O) groups is 1. The van der Waals surface area contributed by atoms with Crippen molar-refractivity contribution in [3.8, 4) is 23.8 Å². The molecule has 6 heteroatoms. The molecule has 3 N–H and O–H groups in total. The summed E-state index contributed by atoms with van der Waals surface area (Å²) >= 11 is 0. The molecule has 2 rings (SSSR count). The monoisotopic (exact) mass is 256 g/mol. The van der Waals surface area contributed by atoms with Gasteiger partial charge in [-0.25, -0.2) is 0 Å². The Morgan fingerprint density at radius 2 is 2.21 bits per heavy atom. The highest BCUT2D eigenvalue weighted by Crippen LogP contribution is 2.18. The standard InChI is InChI=1S/C13H12N4O2/c1-2-3-11(14)12(18)16-10-6-4-9(5-7-10)13-17-15-8-19-13/h1,4-8,11H,3,14H2,(H,16,18). The number of aromatic nitrogens is 2. The average Bonchev–Trinajstić information content (AvgIpc) is 2.94. The molecule has 0 saturated heterocycles. The molecule has 0 fully saturated rings. The SMILES string of the molecule is C#CCC(N)C(=O)Nc1ccc(-c2nnco2)cc1. The summed E-state index contributed by atoms with van der Waals surface area (Å²) < 4.78 is 5.06. The molecule has 0 spiro atoms. The van der Waals surface area contributed by atoms with Crippen LogP contribution in [-0.2, 0) is 4.79 Å². The van der Waals surface area contributed by atoms with Crippen LogP contribution in [0.5, 0.6) is 0 Å². The Labute approximate surface area is 110 Å².